The molecule has 0 saturated carbocycles. The number of hydrogen-bond donors (Lipinski definition) is 0. The van der Waals surface area contributed by atoms with Crippen LogP contribution >= 0.6 is 17.0 Å². The van der Waals surface area contributed by atoms with E-state index < -0.39 is 0 Å². The Balaban J connectivity index is 0. The number of rotatable bonds is 1. The van der Waals surface area contributed by atoms with Crippen molar-refractivity contribution in [2.24, 2.45) is 0 Å². The van der Waals surface area contributed by atoms with Gasteiger partial charge in [-0.2, -0.15) is 6.92 Å². The zero-order valence-corrected chi connectivity index (χ0v) is 9.92. The van der Waals surface area contributed by atoms with Crippen LogP contribution in [-0.2, 0) is 29.0 Å². The van der Waals surface area contributed by atoms with E-state index in [-0.39, 0.29) is 42.7 Å². The molecule has 1 rings (SSSR count). The Kier molecular flexibility index (Phi) is 8.86. The van der Waals surface area contributed by atoms with E-state index in [0.29, 0.717) is 0 Å². The maximum absolute atomic E-state index is 4.84. The smallest absolute Gasteiger partial charge is 0.119 e. The first kappa shape index (κ1) is 12.2. The van der Waals surface area contributed by atoms with E-state index >= 15 is 0 Å². The Labute approximate surface area is 78.1 Å². The summed E-state index contributed by atoms with van der Waals surface area (Å²) in [6.07, 6.45) is 4.76. The molecule has 4 heteroatoms. The maximum atomic E-state index is 4.84. The zero-order chi connectivity index (χ0) is 5.11. The number of ether oxygens (including phenoxy) is 2. The molecule has 0 saturated heterocycles. The molecule has 0 fully saturated rings. The van der Waals surface area contributed by atoms with Crippen molar-refractivity contribution in [1.82, 2.24) is 0 Å². The fourth-order valence-corrected chi connectivity index (χ4v) is 0.408. The minimum absolute atomic E-state index is 0. The molecule has 1 heterocycles. The molecule has 0 aromatic carbocycles. The van der Waals surface area contributed by atoms with Crippen LogP contribution in [0.1, 0.15) is 6.92 Å². The van der Waals surface area contributed by atoms with Crippen molar-refractivity contribution < 1.29 is 29.0 Å². The van der Waals surface area contributed by atoms with E-state index in [0.717, 1.165) is 0 Å². The SMILES string of the molecule is Br.C[CH-]C1OC=CO1.[Zn]. The van der Waals surface area contributed by atoms with Crippen LogP contribution < -0.4 is 0 Å². The third-order valence-electron chi connectivity index (χ3n) is 0.753. The van der Waals surface area contributed by atoms with Gasteiger partial charge >= 0.3 is 0 Å². The molecule has 0 aromatic heterocycles. The predicted molar refractivity (Wildman–Crippen MR) is 35.4 cm³/mol. The van der Waals surface area contributed by atoms with Crippen LogP contribution in [0.4, 0.5) is 0 Å². The number of halogens is 1. The molecule has 0 bridgehead atoms. The Morgan fingerprint density at radius 3 is 2.00 bits per heavy atom. The summed E-state index contributed by atoms with van der Waals surface area (Å²) in [5, 5.41) is 0. The van der Waals surface area contributed by atoms with E-state index in [1.54, 1.807) is 0 Å². The quantitative estimate of drug-likeness (QED) is 0.516. The Morgan fingerprint density at radius 2 is 1.78 bits per heavy atom. The van der Waals surface area contributed by atoms with Gasteiger partial charge in [-0.05, 0) is 0 Å². The summed E-state index contributed by atoms with van der Waals surface area (Å²) in [6.45, 7) is 1.89. The average Bonchev–Trinajstić information content (AvgIpc) is 2.14. The van der Waals surface area contributed by atoms with Gasteiger partial charge in [-0.3, -0.25) is 6.42 Å². The fraction of sp³-hybridized carbons (Fsp3) is 0.400. The Hall–Kier alpha value is 0.443. The van der Waals surface area contributed by atoms with Crippen molar-refractivity contribution >= 4 is 17.0 Å². The summed E-state index contributed by atoms with van der Waals surface area (Å²) in [6, 6.07) is 0. The Morgan fingerprint density at radius 1 is 1.33 bits per heavy atom. The molecular formula is C5H8BrO2Zn-. The average molecular weight is 245 g/mol. The minimum atomic E-state index is -0.139. The third-order valence-corrected chi connectivity index (χ3v) is 0.753. The van der Waals surface area contributed by atoms with E-state index in [2.05, 4.69) is 0 Å². The van der Waals surface area contributed by atoms with Gasteiger partial charge in [-0.1, -0.05) is 0 Å². The molecule has 1 aliphatic rings. The second-order valence-corrected chi connectivity index (χ2v) is 1.25. The van der Waals surface area contributed by atoms with Gasteiger partial charge in [0.2, 0.25) is 0 Å². The summed E-state index contributed by atoms with van der Waals surface area (Å²) < 4.78 is 9.69. The van der Waals surface area contributed by atoms with Crippen LogP contribution in [0.3, 0.4) is 0 Å². The van der Waals surface area contributed by atoms with Gasteiger partial charge in [0.05, 0.1) is 0 Å². The van der Waals surface area contributed by atoms with Gasteiger partial charge < -0.3 is 9.47 Å². The molecule has 0 aliphatic carbocycles. The largest absolute Gasteiger partial charge is 0.488 e. The van der Waals surface area contributed by atoms with Crippen molar-refractivity contribution in [3.05, 3.63) is 18.9 Å². The van der Waals surface area contributed by atoms with Crippen molar-refractivity contribution in [3.63, 3.8) is 0 Å². The van der Waals surface area contributed by atoms with E-state index in [9.17, 15) is 0 Å². The first-order valence-corrected chi connectivity index (χ1v) is 2.19. The molecule has 9 heavy (non-hydrogen) atoms. The van der Waals surface area contributed by atoms with Gasteiger partial charge in [0.1, 0.15) is 18.8 Å². The molecule has 0 unspecified atom stereocenters. The topological polar surface area (TPSA) is 18.5 Å². The molecular weight excluding hydrogens is 237 g/mol. The molecule has 0 atom stereocenters. The molecule has 2 nitrogen and oxygen atoms in total. The van der Waals surface area contributed by atoms with Crippen LogP contribution in [0.2, 0.25) is 0 Å². The third kappa shape index (κ3) is 3.93. The fourth-order valence-electron chi connectivity index (χ4n) is 0.408. The first-order valence-electron chi connectivity index (χ1n) is 2.19. The maximum Gasteiger partial charge on any atom is 0.119 e. The van der Waals surface area contributed by atoms with Crippen molar-refractivity contribution in [3.8, 4) is 0 Å². The predicted octanol–water partition coefficient (Wildman–Crippen LogP) is 1.63. The van der Waals surface area contributed by atoms with Gasteiger partial charge in [0.15, 0.2) is 0 Å². The van der Waals surface area contributed by atoms with Crippen LogP contribution in [-0.4, -0.2) is 6.29 Å². The van der Waals surface area contributed by atoms with Crippen molar-refractivity contribution in [2.45, 2.75) is 13.2 Å². The van der Waals surface area contributed by atoms with E-state index in [1.165, 1.54) is 12.5 Å². The van der Waals surface area contributed by atoms with Crippen LogP contribution in [0, 0.1) is 6.42 Å². The second-order valence-electron chi connectivity index (χ2n) is 1.25. The molecule has 0 amide bonds. The standard InChI is InChI=1S/C5H7O2.BrH.Zn/c1-2-5-6-3-4-7-5;;/h2-5H,1H3;1H;/q-1;;. The van der Waals surface area contributed by atoms with Gasteiger partial charge in [0.25, 0.3) is 0 Å². The summed E-state index contributed by atoms with van der Waals surface area (Å²) in [4.78, 5) is 0. The molecule has 0 N–H and O–H groups in total. The van der Waals surface area contributed by atoms with Crippen molar-refractivity contribution in [1.29, 1.82) is 0 Å². The normalized spacial score (nSPS) is 14.8. The van der Waals surface area contributed by atoms with Crippen LogP contribution in [0.25, 0.3) is 0 Å². The van der Waals surface area contributed by atoms with Crippen LogP contribution in [0.15, 0.2) is 12.5 Å². The van der Waals surface area contributed by atoms with Gasteiger partial charge in [0, 0.05) is 19.5 Å². The zero-order valence-electron chi connectivity index (χ0n) is 5.24. The first-order chi connectivity index (χ1) is 3.43. The monoisotopic (exact) mass is 243 g/mol. The molecule has 0 radical (unpaired) electrons. The molecule has 1 aliphatic heterocycles. The molecule has 50 valence electrons. The van der Waals surface area contributed by atoms with Gasteiger partial charge in [-0.25, -0.2) is 0 Å². The van der Waals surface area contributed by atoms with Crippen LogP contribution in [0.5, 0.6) is 0 Å². The van der Waals surface area contributed by atoms with Gasteiger partial charge in [-0.15, -0.1) is 17.0 Å². The Bertz CT molecular complexity index is 79.0. The summed E-state index contributed by atoms with van der Waals surface area (Å²) in [5.41, 5.74) is 0. The summed E-state index contributed by atoms with van der Waals surface area (Å²) in [7, 11) is 0. The number of hydrogen-bond acceptors (Lipinski definition) is 2. The minimum Gasteiger partial charge on any atom is -0.488 e. The molecule has 0 aromatic rings. The second kappa shape index (κ2) is 6.56. The molecule has 0 spiro atoms. The van der Waals surface area contributed by atoms with E-state index in [4.69, 9.17) is 9.47 Å². The summed E-state index contributed by atoms with van der Waals surface area (Å²) in [5.74, 6) is 0. The summed E-state index contributed by atoms with van der Waals surface area (Å²) >= 11 is 0. The van der Waals surface area contributed by atoms with E-state index in [1.807, 2.05) is 13.3 Å². The van der Waals surface area contributed by atoms with Crippen molar-refractivity contribution in [2.75, 3.05) is 0 Å².